The Morgan fingerprint density at radius 3 is 2.93 bits per heavy atom. The molecule has 4 heteroatoms. The molecule has 0 saturated carbocycles. The van der Waals surface area contributed by atoms with Crippen molar-refractivity contribution in [3.05, 3.63) is 48.0 Å². The Morgan fingerprint density at radius 2 is 2.27 bits per heavy atom. The number of aryl methyl sites for hydroxylation is 1. The lowest BCUT2D eigenvalue weighted by Gasteiger charge is -2.10. The van der Waals surface area contributed by atoms with Gasteiger partial charge in [0, 0.05) is 18.6 Å². The minimum Gasteiger partial charge on any atom is -0.388 e. The molecule has 0 aliphatic heterocycles. The van der Waals surface area contributed by atoms with Crippen molar-refractivity contribution in [1.82, 2.24) is 9.55 Å². The van der Waals surface area contributed by atoms with Crippen LogP contribution in [0.3, 0.4) is 0 Å². The lowest BCUT2D eigenvalue weighted by Crippen LogP contribution is -2.14. The molecule has 0 spiro atoms. The Balaban J connectivity index is 2.59. The van der Waals surface area contributed by atoms with E-state index in [1.807, 2.05) is 42.1 Å². The Kier molecular flexibility index (Phi) is 2.51. The van der Waals surface area contributed by atoms with Gasteiger partial charge in [0.1, 0.15) is 4.99 Å². The smallest absolute Gasteiger partial charge is 0.121 e. The summed E-state index contributed by atoms with van der Waals surface area (Å²) in [7, 11) is 0. The number of pyridine rings is 1. The van der Waals surface area contributed by atoms with Crippen LogP contribution in [-0.2, 0) is 0 Å². The summed E-state index contributed by atoms with van der Waals surface area (Å²) in [5.41, 5.74) is 8.63. The van der Waals surface area contributed by atoms with Crippen molar-refractivity contribution in [3.63, 3.8) is 0 Å². The van der Waals surface area contributed by atoms with Gasteiger partial charge < -0.3 is 10.3 Å². The molecule has 0 unspecified atom stereocenters. The number of nitrogens with two attached hydrogens (primary N) is 1. The zero-order valence-corrected chi connectivity index (χ0v) is 9.16. The third-order valence-corrected chi connectivity index (χ3v) is 2.46. The van der Waals surface area contributed by atoms with E-state index >= 15 is 0 Å². The first-order valence-corrected chi connectivity index (χ1v) is 4.99. The van der Waals surface area contributed by atoms with Gasteiger partial charge in [-0.15, -0.1) is 0 Å². The molecular weight excluding hydrogens is 206 g/mol. The summed E-state index contributed by atoms with van der Waals surface area (Å²) < 4.78 is 1.97. The van der Waals surface area contributed by atoms with Gasteiger partial charge in [-0.05, 0) is 30.7 Å². The van der Waals surface area contributed by atoms with E-state index in [9.17, 15) is 0 Å². The lowest BCUT2D eigenvalue weighted by molar-refractivity contribution is 1.03. The van der Waals surface area contributed by atoms with E-state index in [0.717, 1.165) is 16.9 Å². The molecule has 0 aliphatic rings. The van der Waals surface area contributed by atoms with Gasteiger partial charge in [0.15, 0.2) is 0 Å². The molecule has 0 bridgehead atoms. The zero-order valence-electron chi connectivity index (χ0n) is 8.34. The van der Waals surface area contributed by atoms with E-state index < -0.39 is 0 Å². The second-order valence-electron chi connectivity index (χ2n) is 3.29. The summed E-state index contributed by atoms with van der Waals surface area (Å²) in [6.07, 6.45) is 5.52. The number of hydrogen-bond acceptors (Lipinski definition) is 2. The number of hydrogen-bond donors (Lipinski definition) is 1. The first-order chi connectivity index (χ1) is 7.20. The van der Waals surface area contributed by atoms with Crippen LogP contribution in [0.25, 0.3) is 5.69 Å². The van der Waals surface area contributed by atoms with E-state index in [4.69, 9.17) is 18.0 Å². The van der Waals surface area contributed by atoms with Gasteiger partial charge in [0.25, 0.3) is 0 Å². The number of nitrogens with zero attached hydrogens (tertiary/aromatic N) is 2. The number of thiocarbonyl (C=S) groups is 1. The number of aromatic nitrogens is 2. The first kappa shape index (κ1) is 9.86. The van der Waals surface area contributed by atoms with Crippen LogP contribution in [0.2, 0.25) is 0 Å². The quantitative estimate of drug-likeness (QED) is 0.780. The van der Waals surface area contributed by atoms with E-state index in [-0.39, 0.29) is 0 Å². The fraction of sp³-hybridized carbons (Fsp3) is 0.0909. The topological polar surface area (TPSA) is 43.8 Å². The van der Waals surface area contributed by atoms with Crippen molar-refractivity contribution in [2.24, 2.45) is 5.73 Å². The third-order valence-electron chi connectivity index (χ3n) is 2.25. The van der Waals surface area contributed by atoms with E-state index in [2.05, 4.69) is 4.98 Å². The fourth-order valence-electron chi connectivity index (χ4n) is 1.53. The predicted octanol–water partition coefficient (Wildman–Crippen LogP) is 1.81. The van der Waals surface area contributed by atoms with Gasteiger partial charge in [-0.2, -0.15) is 0 Å². The van der Waals surface area contributed by atoms with Gasteiger partial charge in [-0.25, -0.2) is 0 Å². The highest BCUT2D eigenvalue weighted by molar-refractivity contribution is 7.80. The third kappa shape index (κ3) is 1.76. The minimum absolute atomic E-state index is 0.399. The SMILES string of the molecule is Cc1cnccc1-n1cccc1C(N)=S. The van der Waals surface area contributed by atoms with Gasteiger partial charge in [-0.3, -0.25) is 4.98 Å². The van der Waals surface area contributed by atoms with Crippen LogP contribution in [-0.4, -0.2) is 14.5 Å². The van der Waals surface area contributed by atoms with Crippen molar-refractivity contribution in [3.8, 4) is 5.69 Å². The fourth-order valence-corrected chi connectivity index (χ4v) is 1.69. The van der Waals surface area contributed by atoms with Crippen LogP contribution >= 0.6 is 12.2 Å². The molecule has 0 fully saturated rings. The van der Waals surface area contributed by atoms with Crippen LogP contribution in [0.15, 0.2) is 36.8 Å². The Morgan fingerprint density at radius 1 is 1.47 bits per heavy atom. The van der Waals surface area contributed by atoms with Crippen molar-refractivity contribution < 1.29 is 0 Å². The van der Waals surface area contributed by atoms with E-state index in [1.165, 1.54) is 0 Å². The van der Waals surface area contributed by atoms with Gasteiger partial charge in [0.2, 0.25) is 0 Å². The first-order valence-electron chi connectivity index (χ1n) is 4.58. The van der Waals surface area contributed by atoms with Crippen molar-refractivity contribution >= 4 is 17.2 Å². The largest absolute Gasteiger partial charge is 0.388 e. The van der Waals surface area contributed by atoms with Gasteiger partial charge >= 0.3 is 0 Å². The maximum Gasteiger partial charge on any atom is 0.121 e. The maximum atomic E-state index is 5.64. The average Bonchev–Trinajstić information content (AvgIpc) is 2.67. The molecule has 0 atom stereocenters. The molecule has 76 valence electrons. The predicted molar refractivity (Wildman–Crippen MR) is 64.2 cm³/mol. The monoisotopic (exact) mass is 217 g/mol. The Bertz CT molecular complexity index is 502. The van der Waals surface area contributed by atoms with Crippen molar-refractivity contribution in [1.29, 1.82) is 0 Å². The molecule has 3 nitrogen and oxygen atoms in total. The molecule has 2 aromatic rings. The molecule has 15 heavy (non-hydrogen) atoms. The van der Waals surface area contributed by atoms with Crippen LogP contribution in [0.5, 0.6) is 0 Å². The maximum absolute atomic E-state index is 5.64. The van der Waals surface area contributed by atoms with Crippen molar-refractivity contribution in [2.75, 3.05) is 0 Å². The van der Waals surface area contributed by atoms with E-state index in [1.54, 1.807) is 6.20 Å². The van der Waals surface area contributed by atoms with Gasteiger partial charge in [-0.1, -0.05) is 12.2 Å². The molecule has 2 heterocycles. The van der Waals surface area contributed by atoms with Gasteiger partial charge in [0.05, 0.1) is 11.4 Å². The summed E-state index contributed by atoms with van der Waals surface area (Å²) in [6, 6.07) is 5.77. The van der Waals surface area contributed by atoms with E-state index in [0.29, 0.717) is 4.99 Å². The minimum atomic E-state index is 0.399. The summed E-state index contributed by atoms with van der Waals surface area (Å²) in [5, 5.41) is 0. The molecule has 2 aromatic heterocycles. The highest BCUT2D eigenvalue weighted by Crippen LogP contribution is 2.15. The molecule has 0 aliphatic carbocycles. The van der Waals surface area contributed by atoms with Crippen LogP contribution in [0.1, 0.15) is 11.3 Å². The molecule has 2 N–H and O–H groups in total. The molecule has 0 radical (unpaired) electrons. The summed E-state index contributed by atoms with van der Waals surface area (Å²) in [5.74, 6) is 0. The highest BCUT2D eigenvalue weighted by atomic mass is 32.1. The van der Waals surface area contributed by atoms with Crippen LogP contribution in [0, 0.1) is 6.92 Å². The summed E-state index contributed by atoms with van der Waals surface area (Å²) >= 11 is 4.99. The molecule has 0 aromatic carbocycles. The average molecular weight is 217 g/mol. The molecule has 0 amide bonds. The summed E-state index contributed by atoms with van der Waals surface area (Å²) in [6.45, 7) is 2.01. The second kappa shape index (κ2) is 3.82. The normalized spacial score (nSPS) is 10.2. The second-order valence-corrected chi connectivity index (χ2v) is 3.73. The van der Waals surface area contributed by atoms with Crippen LogP contribution in [0.4, 0.5) is 0 Å². The molecule has 2 rings (SSSR count). The van der Waals surface area contributed by atoms with Crippen molar-refractivity contribution in [2.45, 2.75) is 6.92 Å². The van der Waals surface area contributed by atoms with Crippen LogP contribution < -0.4 is 5.73 Å². The summed E-state index contributed by atoms with van der Waals surface area (Å²) in [4.78, 5) is 4.45. The molecule has 0 saturated heterocycles. The molecular formula is C11H11N3S. The Hall–Kier alpha value is -1.68. The number of rotatable bonds is 2. The Labute approximate surface area is 93.6 Å². The lowest BCUT2D eigenvalue weighted by atomic mass is 10.2. The standard InChI is InChI=1S/C11H11N3S/c1-8-7-13-5-4-9(8)14-6-2-3-10(14)11(12)15/h2-7H,1H3,(H2,12,15). The highest BCUT2D eigenvalue weighted by Gasteiger charge is 2.06. The zero-order chi connectivity index (χ0) is 10.8.